The minimum Gasteiger partial charge on any atom is -0.490 e. The normalized spacial score (nSPS) is 10.3. The average molecular weight is 357 g/mol. The highest BCUT2D eigenvalue weighted by atomic mass is 79.9. The van der Waals surface area contributed by atoms with Crippen LogP contribution in [0.5, 0.6) is 17.4 Å². The molecule has 1 aromatic heterocycles. The molecule has 0 saturated carbocycles. The fourth-order valence-electron chi connectivity index (χ4n) is 1.63. The van der Waals surface area contributed by atoms with Gasteiger partial charge in [-0.1, -0.05) is 19.1 Å². The first-order chi connectivity index (χ1) is 9.74. The molecule has 0 saturated heterocycles. The SMILES string of the molecule is CCCOc1ccccc1Oc1ncc(Br)cc1CCl. The van der Waals surface area contributed by atoms with Gasteiger partial charge in [0.1, 0.15) is 0 Å². The molecule has 0 N–H and O–H groups in total. The lowest BCUT2D eigenvalue weighted by Crippen LogP contribution is -1.99. The van der Waals surface area contributed by atoms with E-state index < -0.39 is 0 Å². The van der Waals surface area contributed by atoms with Crippen LogP contribution in [0.2, 0.25) is 0 Å². The van der Waals surface area contributed by atoms with Crippen molar-refractivity contribution in [3.63, 3.8) is 0 Å². The van der Waals surface area contributed by atoms with Crippen molar-refractivity contribution in [3.8, 4) is 17.4 Å². The molecule has 1 aromatic carbocycles. The number of rotatable bonds is 6. The van der Waals surface area contributed by atoms with E-state index in [1.165, 1.54) is 0 Å². The van der Waals surface area contributed by atoms with E-state index in [1.807, 2.05) is 30.3 Å². The Hall–Kier alpha value is -1.26. The third-order valence-electron chi connectivity index (χ3n) is 2.55. The van der Waals surface area contributed by atoms with Crippen LogP contribution in [0.25, 0.3) is 0 Å². The van der Waals surface area contributed by atoms with Gasteiger partial charge in [0.2, 0.25) is 5.88 Å². The first-order valence-electron chi connectivity index (χ1n) is 6.34. The minimum absolute atomic E-state index is 0.333. The number of hydrogen-bond acceptors (Lipinski definition) is 3. The molecule has 106 valence electrons. The Morgan fingerprint density at radius 3 is 2.70 bits per heavy atom. The van der Waals surface area contributed by atoms with Crippen molar-refractivity contribution < 1.29 is 9.47 Å². The first kappa shape index (κ1) is 15.1. The molecule has 1 heterocycles. The van der Waals surface area contributed by atoms with E-state index in [9.17, 15) is 0 Å². The van der Waals surface area contributed by atoms with Crippen LogP contribution in [-0.4, -0.2) is 11.6 Å². The lowest BCUT2D eigenvalue weighted by Gasteiger charge is -2.13. The highest BCUT2D eigenvalue weighted by Gasteiger charge is 2.10. The van der Waals surface area contributed by atoms with Crippen molar-refractivity contribution in [2.24, 2.45) is 0 Å². The van der Waals surface area contributed by atoms with Crippen LogP contribution >= 0.6 is 27.5 Å². The topological polar surface area (TPSA) is 31.4 Å². The average Bonchev–Trinajstić information content (AvgIpc) is 2.48. The lowest BCUT2D eigenvalue weighted by atomic mass is 10.3. The number of halogens is 2. The zero-order chi connectivity index (χ0) is 14.4. The van der Waals surface area contributed by atoms with Crippen molar-refractivity contribution in [3.05, 3.63) is 46.6 Å². The van der Waals surface area contributed by atoms with Crippen molar-refractivity contribution >= 4 is 27.5 Å². The maximum absolute atomic E-state index is 5.92. The smallest absolute Gasteiger partial charge is 0.223 e. The number of benzene rings is 1. The molecule has 0 amide bonds. The zero-order valence-corrected chi connectivity index (χ0v) is 13.4. The lowest BCUT2D eigenvalue weighted by molar-refractivity contribution is 0.300. The third-order valence-corrected chi connectivity index (χ3v) is 3.28. The molecule has 3 nitrogen and oxygen atoms in total. The van der Waals surface area contributed by atoms with Gasteiger partial charge >= 0.3 is 0 Å². The van der Waals surface area contributed by atoms with Crippen molar-refractivity contribution in [2.45, 2.75) is 19.2 Å². The largest absolute Gasteiger partial charge is 0.490 e. The summed E-state index contributed by atoms with van der Waals surface area (Å²) in [5.74, 6) is 2.18. The number of pyridine rings is 1. The van der Waals surface area contributed by atoms with Gasteiger partial charge in [0, 0.05) is 16.2 Å². The van der Waals surface area contributed by atoms with Gasteiger partial charge < -0.3 is 9.47 Å². The van der Waals surface area contributed by atoms with E-state index >= 15 is 0 Å². The summed E-state index contributed by atoms with van der Waals surface area (Å²) in [6.45, 7) is 2.71. The summed E-state index contributed by atoms with van der Waals surface area (Å²) in [4.78, 5) is 4.26. The highest BCUT2D eigenvalue weighted by Crippen LogP contribution is 2.33. The van der Waals surface area contributed by atoms with Gasteiger partial charge in [-0.2, -0.15) is 0 Å². The minimum atomic E-state index is 0.333. The number of nitrogens with zero attached hydrogens (tertiary/aromatic N) is 1. The van der Waals surface area contributed by atoms with E-state index in [0.29, 0.717) is 29.9 Å². The molecule has 0 fully saturated rings. The molecular weight excluding hydrogens is 342 g/mol. The molecule has 0 atom stereocenters. The monoisotopic (exact) mass is 355 g/mol. The summed E-state index contributed by atoms with van der Waals surface area (Å²) in [5, 5.41) is 0. The van der Waals surface area contributed by atoms with E-state index in [0.717, 1.165) is 16.5 Å². The van der Waals surface area contributed by atoms with Crippen LogP contribution in [0, 0.1) is 0 Å². The molecule has 0 bridgehead atoms. The Morgan fingerprint density at radius 1 is 1.25 bits per heavy atom. The van der Waals surface area contributed by atoms with E-state index in [1.54, 1.807) is 6.20 Å². The standard InChI is InChI=1S/C15H15BrClNO2/c1-2-7-19-13-5-3-4-6-14(13)20-15-11(9-17)8-12(16)10-18-15/h3-6,8,10H,2,7,9H2,1H3. The van der Waals surface area contributed by atoms with Crippen LogP contribution in [-0.2, 0) is 5.88 Å². The van der Waals surface area contributed by atoms with Gasteiger partial charge in [0.15, 0.2) is 11.5 Å². The highest BCUT2D eigenvalue weighted by molar-refractivity contribution is 9.10. The molecule has 0 radical (unpaired) electrons. The molecule has 2 rings (SSSR count). The number of ether oxygens (including phenoxy) is 2. The van der Waals surface area contributed by atoms with Crippen molar-refractivity contribution in [2.75, 3.05) is 6.61 Å². The van der Waals surface area contributed by atoms with E-state index in [2.05, 4.69) is 27.8 Å². The Balaban J connectivity index is 2.25. The van der Waals surface area contributed by atoms with Crippen LogP contribution < -0.4 is 9.47 Å². The van der Waals surface area contributed by atoms with Gasteiger partial charge in [0.05, 0.1) is 12.5 Å². The Bertz CT molecular complexity index is 578. The zero-order valence-electron chi connectivity index (χ0n) is 11.1. The van der Waals surface area contributed by atoms with Crippen LogP contribution in [0.1, 0.15) is 18.9 Å². The summed E-state index contributed by atoms with van der Waals surface area (Å²) in [5.41, 5.74) is 0.825. The van der Waals surface area contributed by atoms with Gasteiger partial charge in [-0.05, 0) is 40.5 Å². The maximum atomic E-state index is 5.92. The van der Waals surface area contributed by atoms with E-state index in [-0.39, 0.29) is 0 Å². The number of para-hydroxylation sites is 2. The molecule has 0 aliphatic carbocycles. The molecule has 2 aromatic rings. The Morgan fingerprint density at radius 2 is 2.00 bits per heavy atom. The predicted molar refractivity (Wildman–Crippen MR) is 83.8 cm³/mol. The number of hydrogen-bond donors (Lipinski definition) is 0. The quantitative estimate of drug-likeness (QED) is 0.670. The molecule has 0 unspecified atom stereocenters. The van der Waals surface area contributed by atoms with Crippen LogP contribution in [0.15, 0.2) is 41.0 Å². The van der Waals surface area contributed by atoms with Gasteiger partial charge in [-0.25, -0.2) is 4.98 Å². The summed E-state index contributed by atoms with van der Waals surface area (Å²) in [6, 6.07) is 9.44. The number of aromatic nitrogens is 1. The molecular formula is C15H15BrClNO2. The van der Waals surface area contributed by atoms with Crippen LogP contribution in [0.3, 0.4) is 0 Å². The van der Waals surface area contributed by atoms with Crippen molar-refractivity contribution in [1.82, 2.24) is 4.98 Å². The molecule has 0 aliphatic heterocycles. The maximum Gasteiger partial charge on any atom is 0.223 e. The fourth-order valence-corrected chi connectivity index (χ4v) is 2.20. The molecule has 0 aliphatic rings. The van der Waals surface area contributed by atoms with Crippen molar-refractivity contribution in [1.29, 1.82) is 0 Å². The second kappa shape index (κ2) is 7.50. The second-order valence-corrected chi connectivity index (χ2v) is 5.33. The van der Waals surface area contributed by atoms with Gasteiger partial charge in [0.25, 0.3) is 0 Å². The number of alkyl halides is 1. The Kier molecular flexibility index (Phi) is 5.68. The second-order valence-electron chi connectivity index (χ2n) is 4.15. The summed E-state index contributed by atoms with van der Waals surface area (Å²) in [7, 11) is 0. The van der Waals surface area contributed by atoms with E-state index in [4.69, 9.17) is 21.1 Å². The first-order valence-corrected chi connectivity index (χ1v) is 7.67. The predicted octanol–water partition coefficient (Wildman–Crippen LogP) is 5.16. The van der Waals surface area contributed by atoms with Gasteiger partial charge in [-0.15, -0.1) is 11.6 Å². The van der Waals surface area contributed by atoms with Gasteiger partial charge in [-0.3, -0.25) is 0 Å². The third kappa shape index (κ3) is 3.87. The Labute approximate surface area is 132 Å². The summed E-state index contributed by atoms with van der Waals surface area (Å²) in [6.07, 6.45) is 2.62. The van der Waals surface area contributed by atoms with Crippen LogP contribution in [0.4, 0.5) is 0 Å². The molecule has 0 spiro atoms. The fraction of sp³-hybridized carbons (Fsp3) is 0.267. The molecule has 5 heteroatoms. The molecule has 20 heavy (non-hydrogen) atoms. The summed E-state index contributed by atoms with van der Waals surface area (Å²) < 4.78 is 12.4. The summed E-state index contributed by atoms with van der Waals surface area (Å²) >= 11 is 9.29.